The standard InChI is InChI=1S/C21H22N2O5/c1-12(10-24)22-21(26)20-13(2)23(17-5-4-15(25)8-16(17)20)9-14-3-6-18-19(7-14)28-11-27-18/h3-8,12,24-25H,9-11H2,1-2H3,(H,22,26). The quantitative estimate of drug-likeness (QED) is 0.631. The lowest BCUT2D eigenvalue weighted by Crippen LogP contribution is -2.35. The molecule has 0 saturated carbocycles. The highest BCUT2D eigenvalue weighted by Gasteiger charge is 2.22. The van der Waals surface area contributed by atoms with Gasteiger partial charge < -0.3 is 29.6 Å². The average molecular weight is 382 g/mol. The van der Waals surface area contributed by atoms with Gasteiger partial charge in [-0.3, -0.25) is 4.79 Å². The minimum absolute atomic E-state index is 0.0944. The van der Waals surface area contributed by atoms with E-state index in [0.29, 0.717) is 23.2 Å². The Bertz CT molecular complexity index is 1060. The minimum atomic E-state index is -0.364. The topological polar surface area (TPSA) is 93.0 Å². The van der Waals surface area contributed by atoms with Crippen molar-refractivity contribution in [3.63, 3.8) is 0 Å². The molecule has 7 nitrogen and oxygen atoms in total. The summed E-state index contributed by atoms with van der Waals surface area (Å²) in [6.07, 6.45) is 0. The second-order valence-electron chi connectivity index (χ2n) is 6.99. The number of hydrogen-bond donors (Lipinski definition) is 3. The Labute approximate surface area is 162 Å². The van der Waals surface area contributed by atoms with Crippen LogP contribution in [0.15, 0.2) is 36.4 Å². The zero-order valence-corrected chi connectivity index (χ0v) is 15.7. The van der Waals surface area contributed by atoms with E-state index >= 15 is 0 Å². The molecule has 0 spiro atoms. The van der Waals surface area contributed by atoms with Crippen LogP contribution in [0.4, 0.5) is 0 Å². The van der Waals surface area contributed by atoms with E-state index in [1.807, 2.05) is 29.7 Å². The van der Waals surface area contributed by atoms with Crippen molar-refractivity contribution in [2.45, 2.75) is 26.4 Å². The number of nitrogens with zero attached hydrogens (tertiary/aromatic N) is 1. The summed E-state index contributed by atoms with van der Waals surface area (Å²) in [6, 6.07) is 10.4. The van der Waals surface area contributed by atoms with Crippen LogP contribution in [-0.4, -0.2) is 40.1 Å². The summed E-state index contributed by atoms with van der Waals surface area (Å²) in [5.41, 5.74) is 3.12. The molecule has 0 bridgehead atoms. The molecule has 1 aliphatic heterocycles. The van der Waals surface area contributed by atoms with Gasteiger partial charge in [-0.05, 0) is 49.7 Å². The van der Waals surface area contributed by atoms with Crippen molar-refractivity contribution in [3.8, 4) is 17.2 Å². The Morgan fingerprint density at radius 1 is 1.21 bits per heavy atom. The normalized spacial score (nSPS) is 13.7. The number of rotatable bonds is 5. The molecule has 2 heterocycles. The molecule has 0 radical (unpaired) electrons. The molecule has 2 aromatic carbocycles. The molecule has 1 amide bonds. The molecule has 1 aliphatic rings. The van der Waals surface area contributed by atoms with Crippen LogP contribution in [0, 0.1) is 6.92 Å². The Morgan fingerprint density at radius 3 is 2.79 bits per heavy atom. The van der Waals surface area contributed by atoms with Gasteiger partial charge in [0.2, 0.25) is 6.79 Å². The lowest BCUT2D eigenvalue weighted by Gasteiger charge is -2.12. The summed E-state index contributed by atoms with van der Waals surface area (Å²) >= 11 is 0. The molecule has 4 rings (SSSR count). The molecule has 7 heteroatoms. The maximum atomic E-state index is 12.8. The summed E-state index contributed by atoms with van der Waals surface area (Å²) in [7, 11) is 0. The first kappa shape index (κ1) is 18.2. The fourth-order valence-corrected chi connectivity index (χ4v) is 3.52. The first-order valence-corrected chi connectivity index (χ1v) is 9.10. The molecule has 1 unspecified atom stereocenters. The van der Waals surface area contributed by atoms with E-state index < -0.39 is 0 Å². The van der Waals surface area contributed by atoms with Gasteiger partial charge >= 0.3 is 0 Å². The maximum Gasteiger partial charge on any atom is 0.254 e. The lowest BCUT2D eigenvalue weighted by molar-refractivity contribution is 0.0923. The van der Waals surface area contributed by atoms with Crippen LogP contribution in [0.1, 0.15) is 28.5 Å². The van der Waals surface area contributed by atoms with Crippen molar-refractivity contribution in [3.05, 3.63) is 53.2 Å². The SMILES string of the molecule is Cc1c(C(=O)NC(C)CO)c2cc(O)ccc2n1Cc1ccc2c(c1)OCO2. The number of phenolic OH excluding ortho intramolecular Hbond substituents is 1. The van der Waals surface area contributed by atoms with Crippen LogP contribution in [0.3, 0.4) is 0 Å². The molecule has 146 valence electrons. The molecule has 3 aromatic rings. The third-order valence-corrected chi connectivity index (χ3v) is 4.96. The number of amides is 1. The summed E-state index contributed by atoms with van der Waals surface area (Å²) < 4.78 is 12.9. The number of aliphatic hydroxyl groups excluding tert-OH is 1. The van der Waals surface area contributed by atoms with Crippen LogP contribution in [0.5, 0.6) is 17.2 Å². The predicted molar refractivity (Wildman–Crippen MR) is 104 cm³/mol. The number of aliphatic hydroxyl groups is 1. The molecular weight excluding hydrogens is 360 g/mol. The molecule has 28 heavy (non-hydrogen) atoms. The third-order valence-electron chi connectivity index (χ3n) is 4.96. The van der Waals surface area contributed by atoms with E-state index in [1.54, 1.807) is 25.1 Å². The number of ether oxygens (including phenoxy) is 2. The second-order valence-corrected chi connectivity index (χ2v) is 6.99. The average Bonchev–Trinajstić information content (AvgIpc) is 3.24. The molecular formula is C21H22N2O5. The maximum absolute atomic E-state index is 12.8. The number of carbonyl (C=O) groups excluding carboxylic acids is 1. The van der Waals surface area contributed by atoms with Crippen LogP contribution >= 0.6 is 0 Å². The number of carbonyl (C=O) groups is 1. The number of nitrogens with one attached hydrogen (secondary N) is 1. The second kappa shape index (κ2) is 7.09. The van der Waals surface area contributed by atoms with E-state index in [9.17, 15) is 15.0 Å². The van der Waals surface area contributed by atoms with Gasteiger partial charge in [0.05, 0.1) is 12.2 Å². The molecule has 0 aliphatic carbocycles. The fourth-order valence-electron chi connectivity index (χ4n) is 3.52. The van der Waals surface area contributed by atoms with E-state index in [4.69, 9.17) is 9.47 Å². The van der Waals surface area contributed by atoms with E-state index in [1.165, 1.54) is 0 Å². The van der Waals surface area contributed by atoms with Crippen LogP contribution in [0.2, 0.25) is 0 Å². The van der Waals surface area contributed by atoms with Crippen LogP contribution < -0.4 is 14.8 Å². The van der Waals surface area contributed by atoms with Gasteiger partial charge in [-0.15, -0.1) is 0 Å². The van der Waals surface area contributed by atoms with Gasteiger partial charge in [-0.1, -0.05) is 6.07 Å². The van der Waals surface area contributed by atoms with Gasteiger partial charge in [-0.25, -0.2) is 0 Å². The Balaban J connectivity index is 1.78. The van der Waals surface area contributed by atoms with Gasteiger partial charge in [0.25, 0.3) is 5.91 Å². The first-order valence-electron chi connectivity index (χ1n) is 9.10. The molecule has 1 atom stereocenters. The van der Waals surface area contributed by atoms with Crippen LogP contribution in [-0.2, 0) is 6.54 Å². The van der Waals surface area contributed by atoms with Gasteiger partial charge in [0.15, 0.2) is 11.5 Å². The first-order chi connectivity index (χ1) is 13.5. The van der Waals surface area contributed by atoms with Crippen molar-refractivity contribution in [2.75, 3.05) is 13.4 Å². The monoisotopic (exact) mass is 382 g/mol. The Hall–Kier alpha value is -3.19. The van der Waals surface area contributed by atoms with E-state index in [2.05, 4.69) is 5.32 Å². The van der Waals surface area contributed by atoms with Crippen molar-refractivity contribution in [1.29, 1.82) is 0 Å². The zero-order chi connectivity index (χ0) is 19.8. The fraction of sp³-hybridized carbons (Fsp3) is 0.286. The van der Waals surface area contributed by atoms with Gasteiger partial charge in [0.1, 0.15) is 5.75 Å². The van der Waals surface area contributed by atoms with Crippen molar-refractivity contribution in [1.82, 2.24) is 9.88 Å². The number of aromatic nitrogens is 1. The molecule has 1 aromatic heterocycles. The number of phenols is 1. The summed E-state index contributed by atoms with van der Waals surface area (Å²) in [4.78, 5) is 12.8. The number of benzene rings is 2. The number of fused-ring (bicyclic) bond motifs is 2. The van der Waals surface area contributed by atoms with Crippen LogP contribution in [0.25, 0.3) is 10.9 Å². The largest absolute Gasteiger partial charge is 0.508 e. The highest BCUT2D eigenvalue weighted by atomic mass is 16.7. The highest BCUT2D eigenvalue weighted by Crippen LogP contribution is 2.34. The van der Waals surface area contributed by atoms with Crippen molar-refractivity contribution < 1.29 is 24.5 Å². The highest BCUT2D eigenvalue weighted by molar-refractivity contribution is 6.09. The predicted octanol–water partition coefficient (Wildman–Crippen LogP) is 2.54. The van der Waals surface area contributed by atoms with E-state index in [-0.39, 0.29) is 31.1 Å². The van der Waals surface area contributed by atoms with Gasteiger partial charge in [-0.2, -0.15) is 0 Å². The lowest BCUT2D eigenvalue weighted by atomic mass is 10.1. The smallest absolute Gasteiger partial charge is 0.254 e. The molecule has 0 saturated heterocycles. The Kier molecular flexibility index (Phi) is 4.60. The summed E-state index contributed by atoms with van der Waals surface area (Å²) in [5.74, 6) is 1.25. The summed E-state index contributed by atoms with van der Waals surface area (Å²) in [6.45, 7) is 4.22. The Morgan fingerprint density at radius 2 is 2.00 bits per heavy atom. The summed E-state index contributed by atoms with van der Waals surface area (Å²) in [5, 5.41) is 22.7. The third kappa shape index (κ3) is 3.14. The van der Waals surface area contributed by atoms with Crippen molar-refractivity contribution >= 4 is 16.8 Å². The van der Waals surface area contributed by atoms with Crippen molar-refractivity contribution in [2.24, 2.45) is 0 Å². The molecule has 0 fully saturated rings. The number of aromatic hydroxyl groups is 1. The number of hydrogen-bond acceptors (Lipinski definition) is 5. The molecule has 3 N–H and O–H groups in total. The zero-order valence-electron chi connectivity index (χ0n) is 15.7. The van der Waals surface area contributed by atoms with Gasteiger partial charge in [0, 0.05) is 29.2 Å². The van der Waals surface area contributed by atoms with E-state index in [0.717, 1.165) is 22.5 Å². The minimum Gasteiger partial charge on any atom is -0.508 e.